The Morgan fingerprint density at radius 3 is 2.67 bits per heavy atom. The lowest BCUT2D eigenvalue weighted by Crippen LogP contribution is -2.08. The van der Waals surface area contributed by atoms with Crippen LogP contribution in [0.1, 0.15) is 43.9 Å². The summed E-state index contributed by atoms with van der Waals surface area (Å²) in [6, 6.07) is 1.50. The molecule has 1 aromatic rings. The van der Waals surface area contributed by atoms with Gasteiger partial charge in [0.15, 0.2) is 0 Å². The Labute approximate surface area is 89.7 Å². The van der Waals surface area contributed by atoms with Crippen LogP contribution in [-0.2, 0) is 6.42 Å². The molecule has 0 saturated carbocycles. The molecule has 0 atom stereocenters. The smallest absolute Gasteiger partial charge is 0.342 e. The molecule has 0 aliphatic heterocycles. The topological polar surface area (TPSA) is 50.4 Å². The van der Waals surface area contributed by atoms with E-state index in [2.05, 4.69) is 6.92 Å². The second kappa shape index (κ2) is 5.59. The van der Waals surface area contributed by atoms with Crippen LogP contribution in [0.2, 0.25) is 0 Å². The van der Waals surface area contributed by atoms with Crippen molar-refractivity contribution in [3.05, 3.63) is 27.8 Å². The van der Waals surface area contributed by atoms with E-state index < -0.39 is 5.63 Å². The first-order valence-electron chi connectivity index (χ1n) is 5.47. The fourth-order valence-corrected chi connectivity index (χ4v) is 1.58. The van der Waals surface area contributed by atoms with Gasteiger partial charge in [0.1, 0.15) is 11.5 Å². The molecule has 0 aliphatic rings. The molecule has 15 heavy (non-hydrogen) atoms. The normalized spacial score (nSPS) is 10.5. The summed E-state index contributed by atoms with van der Waals surface area (Å²) in [7, 11) is 0. The van der Waals surface area contributed by atoms with Crippen LogP contribution in [0.4, 0.5) is 0 Å². The van der Waals surface area contributed by atoms with Crippen molar-refractivity contribution >= 4 is 0 Å². The average Bonchev–Trinajstić information content (AvgIpc) is 2.15. The van der Waals surface area contributed by atoms with Crippen molar-refractivity contribution in [3.63, 3.8) is 0 Å². The molecule has 1 aromatic heterocycles. The summed E-state index contributed by atoms with van der Waals surface area (Å²) in [5.41, 5.74) is 0.0145. The lowest BCUT2D eigenvalue weighted by molar-refractivity contribution is 0.420. The first-order chi connectivity index (χ1) is 7.15. The maximum absolute atomic E-state index is 11.4. The van der Waals surface area contributed by atoms with Crippen LogP contribution in [0.25, 0.3) is 0 Å². The second-order valence-electron chi connectivity index (χ2n) is 3.82. The number of rotatable bonds is 5. The van der Waals surface area contributed by atoms with Crippen LogP contribution in [-0.4, -0.2) is 5.11 Å². The van der Waals surface area contributed by atoms with Crippen molar-refractivity contribution in [2.75, 3.05) is 0 Å². The molecule has 3 nitrogen and oxygen atoms in total. The fourth-order valence-electron chi connectivity index (χ4n) is 1.58. The molecule has 0 amide bonds. The zero-order valence-corrected chi connectivity index (χ0v) is 9.38. The Kier molecular flexibility index (Phi) is 4.40. The van der Waals surface area contributed by atoms with Crippen molar-refractivity contribution in [1.82, 2.24) is 0 Å². The van der Waals surface area contributed by atoms with Gasteiger partial charge in [-0.25, -0.2) is 4.79 Å². The quantitative estimate of drug-likeness (QED) is 0.760. The summed E-state index contributed by atoms with van der Waals surface area (Å²) < 4.78 is 4.93. The third-order valence-electron chi connectivity index (χ3n) is 2.43. The number of aromatic hydroxyl groups is 1. The van der Waals surface area contributed by atoms with E-state index in [1.807, 2.05) is 0 Å². The molecule has 1 rings (SSSR count). The third kappa shape index (κ3) is 3.42. The molecule has 3 heteroatoms. The highest BCUT2D eigenvalue weighted by molar-refractivity contribution is 5.29. The van der Waals surface area contributed by atoms with Crippen molar-refractivity contribution in [2.45, 2.75) is 46.0 Å². The molecular weight excluding hydrogens is 192 g/mol. The molecule has 1 heterocycles. The molecular formula is C12H18O3. The summed E-state index contributed by atoms with van der Waals surface area (Å²) >= 11 is 0. The molecule has 1 N–H and O–H groups in total. The summed E-state index contributed by atoms with van der Waals surface area (Å²) in [6.45, 7) is 3.79. The highest BCUT2D eigenvalue weighted by atomic mass is 16.4. The fraction of sp³-hybridized carbons (Fsp3) is 0.583. The van der Waals surface area contributed by atoms with Gasteiger partial charge in [0.25, 0.3) is 0 Å². The van der Waals surface area contributed by atoms with Crippen LogP contribution in [0, 0.1) is 6.92 Å². The summed E-state index contributed by atoms with van der Waals surface area (Å²) in [6.07, 6.45) is 4.94. The van der Waals surface area contributed by atoms with Gasteiger partial charge in [-0.05, 0) is 19.8 Å². The summed E-state index contributed by atoms with van der Waals surface area (Å²) in [4.78, 5) is 11.4. The maximum Gasteiger partial charge on any atom is 0.342 e. The van der Waals surface area contributed by atoms with E-state index in [1.165, 1.54) is 6.07 Å². The molecule has 0 saturated heterocycles. The Morgan fingerprint density at radius 2 is 2.07 bits per heavy atom. The molecule has 0 unspecified atom stereocenters. The van der Waals surface area contributed by atoms with Crippen LogP contribution in [0.3, 0.4) is 0 Å². The number of hydrogen-bond acceptors (Lipinski definition) is 3. The Morgan fingerprint density at radius 1 is 1.33 bits per heavy atom. The van der Waals surface area contributed by atoms with E-state index in [9.17, 15) is 9.90 Å². The van der Waals surface area contributed by atoms with Gasteiger partial charge in [-0.3, -0.25) is 0 Å². The van der Waals surface area contributed by atoms with Gasteiger partial charge in [-0.2, -0.15) is 0 Å². The zero-order chi connectivity index (χ0) is 11.3. The van der Waals surface area contributed by atoms with Gasteiger partial charge < -0.3 is 9.52 Å². The van der Waals surface area contributed by atoms with Crippen molar-refractivity contribution in [1.29, 1.82) is 0 Å². The minimum atomic E-state index is -0.399. The maximum atomic E-state index is 11.4. The van der Waals surface area contributed by atoms with Gasteiger partial charge in [-0.15, -0.1) is 0 Å². The van der Waals surface area contributed by atoms with Gasteiger partial charge in [0.05, 0.1) is 5.56 Å². The minimum absolute atomic E-state index is 0.0697. The lowest BCUT2D eigenvalue weighted by atomic mass is 10.1. The summed E-state index contributed by atoms with van der Waals surface area (Å²) in [5.74, 6) is 0.523. The Balaban J connectivity index is 2.65. The van der Waals surface area contributed by atoms with Crippen LogP contribution < -0.4 is 5.63 Å². The van der Waals surface area contributed by atoms with Gasteiger partial charge in [-0.1, -0.05) is 26.2 Å². The number of hydrogen-bond donors (Lipinski definition) is 1. The van der Waals surface area contributed by atoms with Gasteiger partial charge >= 0.3 is 5.63 Å². The molecule has 0 radical (unpaired) electrons. The molecule has 0 aromatic carbocycles. The van der Waals surface area contributed by atoms with Crippen molar-refractivity contribution in [2.24, 2.45) is 0 Å². The minimum Gasteiger partial charge on any atom is -0.507 e. The SMILES string of the molecule is CCCCCCc1c(O)cc(C)oc1=O. The highest BCUT2D eigenvalue weighted by Gasteiger charge is 2.08. The first-order valence-corrected chi connectivity index (χ1v) is 5.47. The molecule has 0 bridgehead atoms. The van der Waals surface area contributed by atoms with E-state index in [4.69, 9.17) is 4.42 Å². The van der Waals surface area contributed by atoms with E-state index >= 15 is 0 Å². The highest BCUT2D eigenvalue weighted by Crippen LogP contribution is 2.17. The molecule has 0 fully saturated rings. The van der Waals surface area contributed by atoms with Crippen molar-refractivity contribution < 1.29 is 9.52 Å². The van der Waals surface area contributed by atoms with Crippen molar-refractivity contribution in [3.8, 4) is 5.75 Å². The van der Waals surface area contributed by atoms with E-state index in [0.717, 1.165) is 25.7 Å². The van der Waals surface area contributed by atoms with Gasteiger partial charge in [0, 0.05) is 6.07 Å². The monoisotopic (exact) mass is 210 g/mol. The molecule has 0 aliphatic carbocycles. The average molecular weight is 210 g/mol. The number of aryl methyl sites for hydroxylation is 1. The van der Waals surface area contributed by atoms with Crippen LogP contribution in [0.15, 0.2) is 15.3 Å². The predicted octanol–water partition coefficient (Wildman–Crippen LogP) is 2.78. The standard InChI is InChI=1S/C12H18O3/c1-3-4-5-6-7-10-11(13)8-9(2)15-12(10)14/h8,13H,3-7H2,1-2H3. The Bertz CT molecular complexity index is 366. The zero-order valence-electron chi connectivity index (χ0n) is 9.38. The lowest BCUT2D eigenvalue weighted by Gasteiger charge is -2.03. The van der Waals surface area contributed by atoms with Crippen LogP contribution >= 0.6 is 0 Å². The molecule has 84 valence electrons. The van der Waals surface area contributed by atoms with Gasteiger partial charge in [0.2, 0.25) is 0 Å². The molecule has 0 spiro atoms. The number of unbranched alkanes of at least 4 members (excludes halogenated alkanes) is 3. The third-order valence-corrected chi connectivity index (χ3v) is 2.43. The second-order valence-corrected chi connectivity index (χ2v) is 3.82. The largest absolute Gasteiger partial charge is 0.507 e. The first kappa shape index (κ1) is 11.8. The van der Waals surface area contributed by atoms with E-state index in [1.54, 1.807) is 6.92 Å². The predicted molar refractivity (Wildman–Crippen MR) is 59.2 cm³/mol. The van der Waals surface area contributed by atoms with E-state index in [0.29, 0.717) is 17.7 Å². The van der Waals surface area contributed by atoms with E-state index in [-0.39, 0.29) is 5.75 Å². The summed E-state index contributed by atoms with van der Waals surface area (Å²) in [5, 5.41) is 9.57. The van der Waals surface area contributed by atoms with Crippen LogP contribution in [0.5, 0.6) is 5.75 Å². The Hall–Kier alpha value is -1.25.